The highest BCUT2D eigenvalue weighted by Gasteiger charge is 2.49. The minimum absolute atomic E-state index is 0.0699. The van der Waals surface area contributed by atoms with E-state index in [9.17, 15) is 23.2 Å². The van der Waals surface area contributed by atoms with E-state index in [0.717, 1.165) is 23.9 Å². The first kappa shape index (κ1) is 29.4. The third kappa shape index (κ3) is 5.66. The molecule has 2 aliphatic rings. The monoisotopic (exact) mass is 583 g/mol. The molecule has 1 aliphatic heterocycles. The van der Waals surface area contributed by atoms with Gasteiger partial charge in [-0.05, 0) is 63.4 Å². The predicted molar refractivity (Wildman–Crippen MR) is 151 cm³/mol. The fourth-order valence-electron chi connectivity index (χ4n) is 5.92. The van der Waals surface area contributed by atoms with Crippen LogP contribution in [0.2, 0.25) is 0 Å². The third-order valence-corrected chi connectivity index (χ3v) is 7.88. The molecule has 0 radical (unpaired) electrons. The van der Waals surface area contributed by atoms with Crippen LogP contribution in [0.3, 0.4) is 0 Å². The largest absolute Gasteiger partial charge is 0.494 e. The van der Waals surface area contributed by atoms with Gasteiger partial charge in [-0.25, -0.2) is 18.6 Å². The minimum atomic E-state index is -1.39. The Labute approximate surface area is 242 Å². The Bertz CT molecular complexity index is 1510. The van der Waals surface area contributed by atoms with Gasteiger partial charge in [-0.2, -0.15) is 9.78 Å². The topological polar surface area (TPSA) is 116 Å². The molecule has 10 nitrogen and oxygen atoms in total. The van der Waals surface area contributed by atoms with Crippen LogP contribution < -0.4 is 10.1 Å². The van der Waals surface area contributed by atoms with Gasteiger partial charge in [-0.1, -0.05) is 25.3 Å². The summed E-state index contributed by atoms with van der Waals surface area (Å²) in [4.78, 5) is 45.8. The molecule has 2 fully saturated rings. The first-order chi connectivity index (χ1) is 19.9. The summed E-state index contributed by atoms with van der Waals surface area (Å²) in [7, 11) is 1.37. The van der Waals surface area contributed by atoms with Gasteiger partial charge < -0.3 is 19.7 Å². The second-order valence-corrected chi connectivity index (χ2v) is 11.9. The van der Waals surface area contributed by atoms with Gasteiger partial charge in [0.25, 0.3) is 0 Å². The summed E-state index contributed by atoms with van der Waals surface area (Å²) in [5.41, 5.74) is -0.561. The molecule has 3 heterocycles. The van der Waals surface area contributed by atoms with Crippen LogP contribution >= 0.6 is 0 Å². The van der Waals surface area contributed by atoms with Crippen molar-refractivity contribution in [1.82, 2.24) is 19.7 Å². The molecule has 0 bridgehead atoms. The van der Waals surface area contributed by atoms with Crippen LogP contribution in [0.15, 0.2) is 36.5 Å². The predicted octanol–water partition coefficient (Wildman–Crippen LogP) is 5.14. The van der Waals surface area contributed by atoms with Gasteiger partial charge >= 0.3 is 6.09 Å². The van der Waals surface area contributed by atoms with Crippen molar-refractivity contribution >= 4 is 34.8 Å². The molecule has 42 heavy (non-hydrogen) atoms. The lowest BCUT2D eigenvalue weighted by atomic mass is 9.68. The highest BCUT2D eigenvalue weighted by Crippen LogP contribution is 2.43. The third-order valence-electron chi connectivity index (χ3n) is 7.88. The molecular weight excluding hydrogens is 548 g/mol. The van der Waals surface area contributed by atoms with Crippen LogP contribution in [0, 0.1) is 5.82 Å². The minimum Gasteiger partial charge on any atom is -0.494 e. The molecule has 1 saturated heterocycles. The van der Waals surface area contributed by atoms with Crippen molar-refractivity contribution < 1.29 is 32.6 Å². The summed E-state index contributed by atoms with van der Waals surface area (Å²) in [6, 6.07) is 6.49. The number of pyridine rings is 1. The number of aromatic nitrogens is 3. The van der Waals surface area contributed by atoms with E-state index in [-0.39, 0.29) is 30.4 Å². The van der Waals surface area contributed by atoms with E-state index in [1.54, 1.807) is 32.9 Å². The van der Waals surface area contributed by atoms with Gasteiger partial charge in [0, 0.05) is 6.42 Å². The number of nitrogens with one attached hydrogen (secondary N) is 1. The van der Waals surface area contributed by atoms with Gasteiger partial charge in [-0.3, -0.25) is 9.59 Å². The first-order valence-electron chi connectivity index (χ1n) is 14.1. The number of likely N-dealkylation sites (tertiary alicyclic amines) is 1. The van der Waals surface area contributed by atoms with E-state index in [1.807, 2.05) is 0 Å². The summed E-state index contributed by atoms with van der Waals surface area (Å²) in [5.74, 6) is -1.31. The zero-order valence-electron chi connectivity index (χ0n) is 24.2. The van der Waals surface area contributed by atoms with E-state index in [1.165, 1.54) is 36.4 Å². The Balaban J connectivity index is 1.38. The van der Waals surface area contributed by atoms with Gasteiger partial charge in [0.1, 0.15) is 29.1 Å². The van der Waals surface area contributed by atoms with E-state index < -0.39 is 41.0 Å². The Morgan fingerprint density at radius 1 is 1.10 bits per heavy atom. The van der Waals surface area contributed by atoms with Gasteiger partial charge in [0.2, 0.25) is 11.8 Å². The smallest absolute Gasteiger partial charge is 0.435 e. The molecule has 1 saturated carbocycles. The Hall–Kier alpha value is -4.09. The number of methoxy groups -OCH3 is 1. The molecular formula is C30H35F2N5O5. The molecule has 1 aliphatic carbocycles. The maximum absolute atomic E-state index is 14.8. The molecule has 2 atom stereocenters. The average Bonchev–Trinajstić information content (AvgIpc) is 3.55. The number of carbonyl (C=O) groups is 3. The van der Waals surface area contributed by atoms with E-state index in [4.69, 9.17) is 9.47 Å². The standard InChI is InChI=1S/C30H35F2N5O5/c1-29(2,3)42-28(40)37-22-9-11-25(34-21(22)16-33-37)35-26(38)23-15-19(31)17-36(23)27(39)30(12-6-5-7-13-30)18-8-10-24(41-4)20(32)14-18/h8-11,14,16,19,23H,5-7,12-13,15,17H2,1-4H3,(H,34,35,38)/t19-,23-/m1/s1. The number of carbonyl (C=O) groups excluding carboxylic acids is 3. The molecule has 1 aromatic carbocycles. The van der Waals surface area contributed by atoms with Crippen LogP contribution in [-0.4, -0.2) is 69.0 Å². The maximum atomic E-state index is 14.8. The lowest BCUT2D eigenvalue weighted by molar-refractivity contribution is -0.143. The lowest BCUT2D eigenvalue weighted by Crippen LogP contribution is -2.52. The molecule has 1 N–H and O–H groups in total. The molecule has 12 heteroatoms. The fourth-order valence-corrected chi connectivity index (χ4v) is 5.92. The number of halogens is 2. The summed E-state index contributed by atoms with van der Waals surface area (Å²) >= 11 is 0. The second kappa shape index (κ2) is 11.3. The van der Waals surface area contributed by atoms with Crippen molar-refractivity contribution in [3.8, 4) is 5.75 Å². The summed E-state index contributed by atoms with van der Waals surface area (Å²) < 4.78 is 41.1. The van der Waals surface area contributed by atoms with Crippen molar-refractivity contribution in [1.29, 1.82) is 0 Å². The van der Waals surface area contributed by atoms with Crippen molar-refractivity contribution in [3.63, 3.8) is 0 Å². The van der Waals surface area contributed by atoms with Crippen LogP contribution in [-0.2, 0) is 19.7 Å². The number of fused-ring (bicyclic) bond motifs is 1. The summed E-state index contributed by atoms with van der Waals surface area (Å²) in [6.45, 7) is 5.00. The molecule has 0 spiro atoms. The number of hydrogen-bond acceptors (Lipinski definition) is 7. The number of rotatable bonds is 5. The second-order valence-electron chi connectivity index (χ2n) is 11.9. The number of benzene rings is 1. The van der Waals surface area contributed by atoms with Crippen LogP contribution in [0.1, 0.15) is 64.9 Å². The number of alkyl halides is 1. The average molecular weight is 584 g/mol. The highest BCUT2D eigenvalue weighted by atomic mass is 19.1. The van der Waals surface area contributed by atoms with Crippen molar-refractivity contribution in [2.24, 2.45) is 0 Å². The van der Waals surface area contributed by atoms with Crippen molar-refractivity contribution in [2.45, 2.75) is 82.5 Å². The SMILES string of the molecule is COc1ccc(C2(C(=O)N3C[C@H](F)C[C@@H]3C(=O)Nc3ccc4c(cnn4C(=O)OC(C)(C)C)n3)CCCCC2)cc1F. The number of hydrogen-bond donors (Lipinski definition) is 1. The lowest BCUT2D eigenvalue weighted by Gasteiger charge is -2.40. The zero-order chi connectivity index (χ0) is 30.2. The maximum Gasteiger partial charge on any atom is 0.435 e. The number of amides is 2. The van der Waals surface area contributed by atoms with E-state index in [2.05, 4.69) is 15.4 Å². The molecule has 2 amide bonds. The van der Waals surface area contributed by atoms with Gasteiger partial charge in [0.15, 0.2) is 11.6 Å². The number of ether oxygens (including phenoxy) is 2. The molecule has 2 aromatic heterocycles. The zero-order valence-corrected chi connectivity index (χ0v) is 24.2. The Kier molecular flexibility index (Phi) is 7.91. The first-order valence-corrected chi connectivity index (χ1v) is 14.1. The summed E-state index contributed by atoms with van der Waals surface area (Å²) in [6.07, 6.45) is 2.54. The normalized spacial score (nSPS) is 20.4. The fraction of sp³-hybridized carbons (Fsp3) is 0.500. The highest BCUT2D eigenvalue weighted by molar-refractivity contribution is 6.00. The van der Waals surface area contributed by atoms with Crippen LogP contribution in [0.4, 0.5) is 19.4 Å². The van der Waals surface area contributed by atoms with Crippen molar-refractivity contribution in [3.05, 3.63) is 47.9 Å². The summed E-state index contributed by atoms with van der Waals surface area (Å²) in [5, 5.41) is 6.75. The van der Waals surface area contributed by atoms with Gasteiger partial charge in [0.05, 0.1) is 30.8 Å². The van der Waals surface area contributed by atoms with Crippen LogP contribution in [0.5, 0.6) is 5.75 Å². The van der Waals surface area contributed by atoms with Gasteiger partial charge in [-0.15, -0.1) is 0 Å². The Morgan fingerprint density at radius 2 is 1.83 bits per heavy atom. The molecule has 224 valence electrons. The molecule has 5 rings (SSSR count). The number of nitrogens with zero attached hydrogens (tertiary/aromatic N) is 4. The number of anilines is 1. The van der Waals surface area contributed by atoms with E-state index in [0.29, 0.717) is 29.4 Å². The van der Waals surface area contributed by atoms with E-state index >= 15 is 0 Å². The Morgan fingerprint density at radius 3 is 2.50 bits per heavy atom. The molecule has 0 unspecified atom stereocenters. The quantitative estimate of drug-likeness (QED) is 0.442. The van der Waals surface area contributed by atoms with Crippen molar-refractivity contribution in [2.75, 3.05) is 19.0 Å². The molecule has 3 aromatic rings. The van der Waals surface area contributed by atoms with Crippen LogP contribution in [0.25, 0.3) is 11.0 Å².